The number of anilines is 3. The summed E-state index contributed by atoms with van der Waals surface area (Å²) in [5.41, 5.74) is 5.62. The fraction of sp³-hybridized carbons (Fsp3) is 0.0714. The van der Waals surface area contributed by atoms with Crippen LogP contribution in [0.4, 0.5) is 17.1 Å². The number of halogens is 1. The molecule has 0 saturated heterocycles. The summed E-state index contributed by atoms with van der Waals surface area (Å²) in [7, 11) is -7.71. The van der Waals surface area contributed by atoms with E-state index in [9.17, 15) is 21.9 Å². The van der Waals surface area contributed by atoms with E-state index in [0.717, 1.165) is 18.4 Å². The molecule has 0 heterocycles. The summed E-state index contributed by atoms with van der Waals surface area (Å²) >= 11 is 10.7. The number of hydrogen-bond acceptors (Lipinski definition) is 6. The third-order valence-corrected chi connectivity index (χ3v) is 5.57. The molecular weight excluding hydrogens is 436 g/mol. The molecule has 0 aromatic heterocycles. The summed E-state index contributed by atoms with van der Waals surface area (Å²) in [6.07, 6.45) is 0.967. The minimum atomic E-state index is -4.18. The molecule has 2 aromatic carbocycles. The lowest BCUT2D eigenvalue weighted by molar-refractivity contribution is 0.476. The number of thiocarbonyl (C=S) groups is 1. The van der Waals surface area contributed by atoms with E-state index in [1.165, 1.54) is 24.3 Å². The van der Waals surface area contributed by atoms with Gasteiger partial charge in [-0.3, -0.25) is 9.44 Å². The van der Waals surface area contributed by atoms with Gasteiger partial charge in [-0.1, -0.05) is 17.7 Å². The molecule has 13 heteroatoms. The Morgan fingerprint density at radius 1 is 1.11 bits per heavy atom. The van der Waals surface area contributed by atoms with Crippen molar-refractivity contribution in [1.29, 1.82) is 0 Å². The minimum Gasteiger partial charge on any atom is -0.506 e. The van der Waals surface area contributed by atoms with E-state index >= 15 is 0 Å². The van der Waals surface area contributed by atoms with Gasteiger partial charge in [-0.05, 0) is 36.5 Å². The van der Waals surface area contributed by atoms with E-state index in [2.05, 4.69) is 27.0 Å². The molecule has 0 saturated carbocycles. The van der Waals surface area contributed by atoms with Gasteiger partial charge in [0.25, 0.3) is 10.0 Å². The van der Waals surface area contributed by atoms with Crippen molar-refractivity contribution in [1.82, 2.24) is 0 Å². The number of hydrogen-bond donors (Lipinski definition) is 5. The van der Waals surface area contributed by atoms with Crippen molar-refractivity contribution >= 4 is 66.0 Å². The van der Waals surface area contributed by atoms with Gasteiger partial charge in [0.05, 0.1) is 28.3 Å². The van der Waals surface area contributed by atoms with Crippen LogP contribution in [-0.4, -0.2) is 33.3 Å². The molecule has 0 unspecified atom stereocenters. The van der Waals surface area contributed by atoms with Gasteiger partial charge < -0.3 is 16.2 Å². The molecule has 0 aliphatic rings. The molecule has 27 heavy (non-hydrogen) atoms. The summed E-state index contributed by atoms with van der Waals surface area (Å²) in [5.74, 6) is -0.430. The molecule has 0 amide bonds. The van der Waals surface area contributed by atoms with Crippen LogP contribution in [-0.2, 0) is 20.0 Å². The highest BCUT2D eigenvalue weighted by atomic mass is 35.5. The number of phenols is 1. The van der Waals surface area contributed by atoms with Crippen LogP contribution >= 0.6 is 23.8 Å². The summed E-state index contributed by atoms with van der Waals surface area (Å²) in [6, 6.07) is 7.71. The Balaban J connectivity index is 2.36. The molecule has 0 spiro atoms. The maximum absolute atomic E-state index is 12.6. The zero-order chi connectivity index (χ0) is 20.4. The lowest BCUT2D eigenvalue weighted by atomic mass is 10.3. The number of nitrogens with one attached hydrogen (secondary N) is 3. The van der Waals surface area contributed by atoms with Crippen molar-refractivity contribution < 1.29 is 21.9 Å². The van der Waals surface area contributed by atoms with Crippen LogP contribution in [0.1, 0.15) is 0 Å². The highest BCUT2D eigenvalue weighted by Crippen LogP contribution is 2.34. The lowest BCUT2D eigenvalue weighted by Crippen LogP contribution is -2.19. The predicted octanol–water partition coefficient (Wildman–Crippen LogP) is 1.87. The Morgan fingerprint density at radius 2 is 1.70 bits per heavy atom. The summed E-state index contributed by atoms with van der Waals surface area (Å²) in [4.78, 5) is -0.392. The number of rotatable bonds is 6. The average molecular weight is 451 g/mol. The van der Waals surface area contributed by atoms with Gasteiger partial charge in [0.1, 0.15) is 10.6 Å². The highest BCUT2D eigenvalue weighted by molar-refractivity contribution is 7.93. The first-order chi connectivity index (χ1) is 12.4. The van der Waals surface area contributed by atoms with Crippen LogP contribution in [0.15, 0.2) is 41.3 Å². The van der Waals surface area contributed by atoms with Crippen LogP contribution in [0.25, 0.3) is 0 Å². The molecule has 0 atom stereocenters. The summed E-state index contributed by atoms with van der Waals surface area (Å²) in [6.45, 7) is 0. The third kappa shape index (κ3) is 5.85. The van der Waals surface area contributed by atoms with Crippen LogP contribution in [0.3, 0.4) is 0 Å². The van der Waals surface area contributed by atoms with Gasteiger partial charge in [-0.25, -0.2) is 16.8 Å². The highest BCUT2D eigenvalue weighted by Gasteiger charge is 2.21. The number of benzene rings is 2. The van der Waals surface area contributed by atoms with Gasteiger partial charge >= 0.3 is 0 Å². The first-order valence-electron chi connectivity index (χ1n) is 7.07. The number of phenolic OH excluding ortho intramolecular Hbond substituents is 1. The fourth-order valence-corrected chi connectivity index (χ4v) is 4.31. The van der Waals surface area contributed by atoms with Gasteiger partial charge in [-0.2, -0.15) is 0 Å². The Bertz CT molecular complexity index is 1100. The predicted molar refractivity (Wildman–Crippen MR) is 109 cm³/mol. The van der Waals surface area contributed by atoms with Crippen LogP contribution < -0.4 is 20.5 Å². The summed E-state index contributed by atoms with van der Waals surface area (Å²) < 4.78 is 52.2. The maximum atomic E-state index is 12.6. The van der Waals surface area contributed by atoms with Crippen LogP contribution in [0.2, 0.25) is 5.02 Å². The zero-order valence-electron chi connectivity index (χ0n) is 13.7. The molecule has 0 fully saturated rings. The monoisotopic (exact) mass is 450 g/mol. The normalized spacial score (nSPS) is 11.6. The molecular formula is C14H15ClN4O5S3. The van der Waals surface area contributed by atoms with E-state index in [1.807, 2.05) is 0 Å². The molecule has 0 bridgehead atoms. The molecule has 2 aromatic rings. The number of aromatic hydroxyl groups is 1. The molecule has 146 valence electrons. The molecule has 6 N–H and O–H groups in total. The van der Waals surface area contributed by atoms with Gasteiger partial charge in [0.15, 0.2) is 5.11 Å². The van der Waals surface area contributed by atoms with Crippen molar-refractivity contribution in [3.63, 3.8) is 0 Å². The average Bonchev–Trinajstić information content (AvgIpc) is 2.48. The second kappa shape index (κ2) is 7.76. The first-order valence-corrected chi connectivity index (χ1v) is 11.2. The van der Waals surface area contributed by atoms with Gasteiger partial charge in [0, 0.05) is 6.07 Å². The Kier molecular flexibility index (Phi) is 6.04. The molecule has 0 aliphatic carbocycles. The van der Waals surface area contributed by atoms with E-state index in [-0.39, 0.29) is 27.2 Å². The Hall–Kier alpha value is -2.28. The van der Waals surface area contributed by atoms with E-state index in [4.69, 9.17) is 17.3 Å². The largest absolute Gasteiger partial charge is 0.506 e. The molecule has 0 radical (unpaired) electrons. The topological polar surface area (TPSA) is 151 Å². The number of nitrogens with two attached hydrogens (primary N) is 1. The number of sulfonamides is 2. The Morgan fingerprint density at radius 3 is 2.26 bits per heavy atom. The zero-order valence-corrected chi connectivity index (χ0v) is 16.9. The van der Waals surface area contributed by atoms with Crippen molar-refractivity contribution in [3.05, 3.63) is 41.4 Å². The Labute approximate surface area is 166 Å². The standard InChI is InChI=1S/C14H15ClN4O5S3/c1-26(21,22)18-8-3-2-4-9(5-8)19-27(23,24)13-7-12(20)11(6-10(13)15)17-14(16)25/h2-7,18-20H,1H3,(H3,16,17,25). The van der Waals surface area contributed by atoms with Crippen molar-refractivity contribution in [2.24, 2.45) is 5.73 Å². The van der Waals surface area contributed by atoms with Crippen molar-refractivity contribution in [3.8, 4) is 5.75 Å². The van der Waals surface area contributed by atoms with E-state index in [1.54, 1.807) is 0 Å². The van der Waals surface area contributed by atoms with E-state index in [0.29, 0.717) is 0 Å². The second-order valence-corrected chi connectivity index (χ2v) is 9.60. The minimum absolute atomic E-state index is 0.0470. The van der Waals surface area contributed by atoms with Gasteiger partial charge in [0.2, 0.25) is 10.0 Å². The van der Waals surface area contributed by atoms with Crippen molar-refractivity contribution in [2.75, 3.05) is 21.0 Å². The first kappa shape index (κ1) is 21.0. The smallest absolute Gasteiger partial charge is 0.263 e. The van der Waals surface area contributed by atoms with Crippen molar-refractivity contribution in [2.45, 2.75) is 4.90 Å². The molecule has 9 nitrogen and oxygen atoms in total. The van der Waals surface area contributed by atoms with Crippen LogP contribution in [0.5, 0.6) is 5.75 Å². The van der Waals surface area contributed by atoms with Crippen LogP contribution in [0, 0.1) is 0 Å². The summed E-state index contributed by atoms with van der Waals surface area (Å²) in [5, 5.41) is 12.1. The third-order valence-electron chi connectivity index (χ3n) is 3.02. The lowest BCUT2D eigenvalue weighted by Gasteiger charge is -2.13. The molecule has 0 aliphatic heterocycles. The van der Waals surface area contributed by atoms with E-state index < -0.39 is 30.7 Å². The quantitative estimate of drug-likeness (QED) is 0.330. The fourth-order valence-electron chi connectivity index (χ4n) is 2.05. The SMILES string of the molecule is CS(=O)(=O)Nc1cccc(NS(=O)(=O)c2cc(O)c(NC(N)=S)cc2Cl)c1. The van der Waals surface area contributed by atoms with Gasteiger partial charge in [-0.15, -0.1) is 0 Å². The molecule has 2 rings (SSSR count). The second-order valence-electron chi connectivity index (χ2n) is 5.35. The maximum Gasteiger partial charge on any atom is 0.263 e.